The van der Waals surface area contributed by atoms with Gasteiger partial charge in [0.25, 0.3) is 0 Å². The van der Waals surface area contributed by atoms with Crippen LogP contribution in [0.3, 0.4) is 0 Å². The molecule has 7 nitrogen and oxygen atoms in total. The van der Waals surface area contributed by atoms with Crippen LogP contribution in [0, 0.1) is 0 Å². The summed E-state index contributed by atoms with van der Waals surface area (Å²) in [5.74, 6) is -0.624. The minimum absolute atomic E-state index is 0.0789. The SMILES string of the molecule is CCOP(=O)(OCC)C1=NN(CC)C2(C1)C(=O)c1ccccc1C2=O. The van der Waals surface area contributed by atoms with Crippen molar-refractivity contribution >= 4 is 24.6 Å². The molecule has 1 aromatic rings. The minimum Gasteiger partial charge on any atom is -0.305 e. The minimum atomic E-state index is -3.64. The number of hydrogen-bond acceptors (Lipinski definition) is 7. The van der Waals surface area contributed by atoms with Crippen molar-refractivity contribution in [2.75, 3.05) is 19.8 Å². The summed E-state index contributed by atoms with van der Waals surface area (Å²) in [5.41, 5.74) is -0.583. The van der Waals surface area contributed by atoms with Crippen LogP contribution in [0.15, 0.2) is 29.4 Å². The van der Waals surface area contributed by atoms with Gasteiger partial charge >= 0.3 is 7.60 Å². The highest BCUT2D eigenvalue weighted by molar-refractivity contribution is 7.72. The van der Waals surface area contributed by atoms with E-state index < -0.39 is 13.1 Å². The standard InChI is InChI=1S/C17H21N2O5P/c1-4-19-17(11-14(18-19)25(22,23-5-2)24-6-3)15(20)12-9-7-8-10-13(12)16(17)21/h7-10H,4-6,11H2,1-3H3. The highest BCUT2D eigenvalue weighted by Crippen LogP contribution is 2.56. The summed E-state index contributed by atoms with van der Waals surface area (Å²) in [5, 5.41) is 5.76. The molecular formula is C17H21N2O5P. The largest absolute Gasteiger partial charge is 0.377 e. The van der Waals surface area contributed by atoms with Crippen molar-refractivity contribution in [3.05, 3.63) is 35.4 Å². The third-order valence-corrected chi connectivity index (χ3v) is 6.55. The van der Waals surface area contributed by atoms with Crippen LogP contribution < -0.4 is 0 Å². The fourth-order valence-corrected chi connectivity index (χ4v) is 5.11. The zero-order valence-corrected chi connectivity index (χ0v) is 15.4. The molecule has 1 heterocycles. The van der Waals surface area contributed by atoms with E-state index in [0.717, 1.165) is 0 Å². The summed E-state index contributed by atoms with van der Waals surface area (Å²) in [7, 11) is -3.64. The van der Waals surface area contributed by atoms with Crippen LogP contribution in [-0.4, -0.2) is 47.3 Å². The molecule has 25 heavy (non-hydrogen) atoms. The molecule has 2 aliphatic rings. The Labute approximate surface area is 146 Å². The second-order valence-corrected chi connectivity index (χ2v) is 7.83. The van der Waals surface area contributed by atoms with Gasteiger partial charge < -0.3 is 9.05 Å². The topological polar surface area (TPSA) is 85.3 Å². The average molecular weight is 364 g/mol. The summed E-state index contributed by atoms with van der Waals surface area (Å²) in [4.78, 5) is 26.2. The first-order valence-electron chi connectivity index (χ1n) is 8.38. The third-order valence-electron chi connectivity index (χ3n) is 4.47. The molecule has 0 saturated carbocycles. The maximum absolute atomic E-state index is 13.1. The van der Waals surface area contributed by atoms with Crippen molar-refractivity contribution in [2.45, 2.75) is 32.7 Å². The molecule has 0 radical (unpaired) electrons. The summed E-state index contributed by atoms with van der Waals surface area (Å²) in [6, 6.07) is 6.73. The zero-order valence-electron chi connectivity index (χ0n) is 14.5. The second kappa shape index (κ2) is 6.48. The number of hydrogen-bond donors (Lipinski definition) is 0. The van der Waals surface area contributed by atoms with Gasteiger partial charge in [0.15, 0.2) is 22.6 Å². The van der Waals surface area contributed by atoms with Crippen molar-refractivity contribution in [3.8, 4) is 0 Å². The van der Waals surface area contributed by atoms with Crippen LogP contribution in [0.2, 0.25) is 0 Å². The molecule has 1 aromatic carbocycles. The molecular weight excluding hydrogens is 343 g/mol. The Morgan fingerprint density at radius 3 is 2.04 bits per heavy atom. The number of hydrazone groups is 1. The summed E-state index contributed by atoms with van der Waals surface area (Å²) < 4.78 is 23.8. The summed E-state index contributed by atoms with van der Waals surface area (Å²) >= 11 is 0. The van der Waals surface area contributed by atoms with Crippen molar-refractivity contribution < 1.29 is 23.2 Å². The first-order chi connectivity index (χ1) is 11.9. The molecule has 0 bridgehead atoms. The van der Waals surface area contributed by atoms with E-state index in [9.17, 15) is 14.2 Å². The molecule has 0 N–H and O–H groups in total. The Balaban J connectivity index is 2.05. The lowest BCUT2D eigenvalue weighted by atomic mass is 9.90. The molecule has 0 atom stereocenters. The van der Waals surface area contributed by atoms with Crippen molar-refractivity contribution in [1.82, 2.24) is 5.01 Å². The van der Waals surface area contributed by atoms with Crippen molar-refractivity contribution in [2.24, 2.45) is 5.10 Å². The summed E-state index contributed by atoms with van der Waals surface area (Å²) in [6.45, 7) is 5.89. The number of likely N-dealkylation sites (N-methyl/N-ethyl adjacent to an activating group) is 1. The van der Waals surface area contributed by atoms with Gasteiger partial charge in [-0.2, -0.15) is 5.10 Å². The van der Waals surface area contributed by atoms with E-state index in [1.807, 2.05) is 0 Å². The van der Waals surface area contributed by atoms with Crippen LogP contribution in [0.25, 0.3) is 0 Å². The molecule has 0 amide bonds. The Morgan fingerprint density at radius 1 is 1.08 bits per heavy atom. The number of carbonyl (C=O) groups excluding carboxylic acids is 2. The van der Waals surface area contributed by atoms with E-state index in [1.165, 1.54) is 5.01 Å². The number of benzene rings is 1. The molecule has 0 unspecified atom stereocenters. The van der Waals surface area contributed by atoms with E-state index in [1.54, 1.807) is 45.0 Å². The van der Waals surface area contributed by atoms with E-state index in [2.05, 4.69) is 5.10 Å². The van der Waals surface area contributed by atoms with Crippen molar-refractivity contribution in [3.63, 3.8) is 0 Å². The monoisotopic (exact) mass is 364 g/mol. The fraction of sp³-hybridized carbons (Fsp3) is 0.471. The average Bonchev–Trinajstić information content (AvgIpc) is 3.10. The maximum atomic E-state index is 13.1. The highest BCUT2D eigenvalue weighted by Gasteiger charge is 2.62. The van der Waals surface area contributed by atoms with Crippen LogP contribution >= 0.6 is 7.60 Å². The first kappa shape index (κ1) is 18.0. The Bertz CT molecular complexity index is 759. The smallest absolute Gasteiger partial charge is 0.305 e. The predicted octanol–water partition coefficient (Wildman–Crippen LogP) is 3.11. The maximum Gasteiger partial charge on any atom is 0.377 e. The molecule has 134 valence electrons. The Hall–Kier alpha value is -1.82. The normalized spacial score (nSPS) is 18.8. The van der Waals surface area contributed by atoms with E-state index in [0.29, 0.717) is 17.7 Å². The van der Waals surface area contributed by atoms with Gasteiger partial charge in [0, 0.05) is 24.1 Å². The molecule has 1 spiro atoms. The highest BCUT2D eigenvalue weighted by atomic mass is 31.2. The molecule has 3 rings (SSSR count). The lowest BCUT2D eigenvalue weighted by Gasteiger charge is -2.29. The van der Waals surface area contributed by atoms with Gasteiger partial charge in [0.05, 0.1) is 13.2 Å². The van der Waals surface area contributed by atoms with Crippen LogP contribution in [0.5, 0.6) is 0 Å². The molecule has 8 heteroatoms. The number of rotatable bonds is 6. The van der Waals surface area contributed by atoms with Crippen LogP contribution in [0.1, 0.15) is 47.9 Å². The number of carbonyl (C=O) groups is 2. The molecule has 1 aliphatic heterocycles. The van der Waals surface area contributed by atoms with Gasteiger partial charge in [0.2, 0.25) is 0 Å². The predicted molar refractivity (Wildman–Crippen MR) is 93.1 cm³/mol. The lowest BCUT2D eigenvalue weighted by molar-refractivity contribution is 0.0567. The number of nitrogens with zero attached hydrogens (tertiary/aromatic N) is 2. The van der Waals surface area contributed by atoms with Gasteiger partial charge in [-0.3, -0.25) is 19.2 Å². The van der Waals surface area contributed by atoms with E-state index in [-0.39, 0.29) is 36.7 Å². The van der Waals surface area contributed by atoms with Gasteiger partial charge in [-0.15, -0.1) is 0 Å². The van der Waals surface area contributed by atoms with Gasteiger partial charge in [-0.25, -0.2) is 0 Å². The summed E-state index contributed by atoms with van der Waals surface area (Å²) in [6.07, 6.45) is -0.0789. The van der Waals surface area contributed by atoms with Crippen molar-refractivity contribution in [1.29, 1.82) is 0 Å². The van der Waals surface area contributed by atoms with Gasteiger partial charge in [0.1, 0.15) is 0 Å². The lowest BCUT2D eigenvalue weighted by Crippen LogP contribution is -2.52. The number of Topliss-reactive ketones (excluding diaryl/α,β-unsaturated/α-hetero) is 2. The zero-order chi connectivity index (χ0) is 18.2. The Morgan fingerprint density at radius 2 is 1.60 bits per heavy atom. The molecule has 0 aromatic heterocycles. The van der Waals surface area contributed by atoms with Crippen LogP contribution in [-0.2, 0) is 13.6 Å². The molecule has 0 saturated heterocycles. The van der Waals surface area contributed by atoms with E-state index >= 15 is 0 Å². The first-order valence-corrected chi connectivity index (χ1v) is 9.92. The van der Waals surface area contributed by atoms with Crippen LogP contribution in [0.4, 0.5) is 0 Å². The quantitative estimate of drug-likeness (QED) is 0.570. The van der Waals surface area contributed by atoms with Gasteiger partial charge in [-0.05, 0) is 20.8 Å². The molecule has 0 fully saturated rings. The van der Waals surface area contributed by atoms with Gasteiger partial charge in [-0.1, -0.05) is 24.3 Å². The Kier molecular flexibility index (Phi) is 4.66. The third kappa shape index (κ3) is 2.49. The fourth-order valence-electron chi connectivity index (χ4n) is 3.42. The molecule has 1 aliphatic carbocycles. The second-order valence-electron chi connectivity index (χ2n) is 5.81. The number of ketones is 2. The van der Waals surface area contributed by atoms with E-state index in [4.69, 9.17) is 9.05 Å². The number of fused-ring (bicyclic) bond motifs is 1.